The molecule has 4 aromatic rings. The lowest BCUT2D eigenvalue weighted by atomic mass is 9.94. The van der Waals surface area contributed by atoms with Crippen molar-refractivity contribution < 1.29 is 4.55 Å². The van der Waals surface area contributed by atoms with E-state index >= 15 is 0 Å². The summed E-state index contributed by atoms with van der Waals surface area (Å²) < 4.78 is 12.7. The van der Waals surface area contributed by atoms with E-state index in [2.05, 4.69) is 28.2 Å². The van der Waals surface area contributed by atoms with Gasteiger partial charge in [-0.05, 0) is 59.9 Å². The van der Waals surface area contributed by atoms with Crippen LogP contribution in [-0.4, -0.2) is 33.0 Å². The second-order valence-electron chi connectivity index (χ2n) is 7.52. The van der Waals surface area contributed by atoms with Crippen LogP contribution >= 0.6 is 22.9 Å². The molecule has 1 atom stereocenters. The summed E-state index contributed by atoms with van der Waals surface area (Å²) in [7, 11) is 0. The lowest BCUT2D eigenvalue weighted by Gasteiger charge is -2.13. The van der Waals surface area contributed by atoms with Gasteiger partial charge in [0.05, 0.1) is 21.8 Å². The molecular weight excluding hydrogens is 458 g/mol. The number of halogens is 1. The number of allylic oxidation sites excluding steroid dienone is 2. The van der Waals surface area contributed by atoms with Crippen LogP contribution in [0.25, 0.3) is 27.0 Å². The molecule has 0 bridgehead atoms. The second kappa shape index (κ2) is 9.16. The first-order valence-corrected chi connectivity index (χ1v) is 13.0. The van der Waals surface area contributed by atoms with Gasteiger partial charge in [-0.25, -0.2) is 9.97 Å². The maximum Gasteiger partial charge on any atom is 0.207 e. The average Bonchev–Trinajstić information content (AvgIpc) is 3.18. The van der Waals surface area contributed by atoms with Crippen molar-refractivity contribution in [2.75, 3.05) is 12.8 Å². The van der Waals surface area contributed by atoms with E-state index in [0.29, 0.717) is 5.02 Å². The molecule has 0 saturated carbocycles. The van der Waals surface area contributed by atoms with Crippen molar-refractivity contribution in [2.24, 2.45) is 4.99 Å². The van der Waals surface area contributed by atoms with Crippen LogP contribution in [0.2, 0.25) is 5.02 Å². The van der Waals surface area contributed by atoms with E-state index in [0.717, 1.165) is 67.5 Å². The van der Waals surface area contributed by atoms with Crippen LogP contribution in [-0.2, 0) is 11.2 Å². The van der Waals surface area contributed by atoms with Crippen LogP contribution in [0.15, 0.2) is 76.2 Å². The minimum atomic E-state index is -1.01. The minimum Gasteiger partial charge on any atom is -0.611 e. The molecule has 4 nitrogen and oxygen atoms in total. The van der Waals surface area contributed by atoms with Gasteiger partial charge in [0.2, 0.25) is 4.21 Å². The predicted octanol–water partition coefficient (Wildman–Crippen LogP) is 6.42. The van der Waals surface area contributed by atoms with Crippen molar-refractivity contribution in [2.45, 2.75) is 17.1 Å². The van der Waals surface area contributed by atoms with E-state index in [4.69, 9.17) is 16.6 Å². The van der Waals surface area contributed by atoms with Crippen LogP contribution in [0, 0.1) is 0 Å². The van der Waals surface area contributed by atoms with Gasteiger partial charge >= 0.3 is 0 Å². The molecule has 0 saturated heterocycles. The van der Waals surface area contributed by atoms with E-state index in [1.165, 1.54) is 11.3 Å². The van der Waals surface area contributed by atoms with Gasteiger partial charge in [-0.2, -0.15) is 0 Å². The van der Waals surface area contributed by atoms with E-state index in [1.807, 2.05) is 42.5 Å². The summed E-state index contributed by atoms with van der Waals surface area (Å²) in [6.07, 6.45) is 7.55. The molecule has 0 fully saturated rings. The van der Waals surface area contributed by atoms with Crippen LogP contribution in [0.5, 0.6) is 0 Å². The highest BCUT2D eigenvalue weighted by Gasteiger charge is 2.18. The lowest BCUT2D eigenvalue weighted by molar-refractivity contribution is 0.603. The van der Waals surface area contributed by atoms with Crippen LogP contribution in [0.4, 0.5) is 0 Å². The Morgan fingerprint density at radius 1 is 1.00 bits per heavy atom. The zero-order valence-corrected chi connectivity index (χ0v) is 19.8. The Morgan fingerprint density at radius 3 is 2.59 bits per heavy atom. The smallest absolute Gasteiger partial charge is 0.207 e. The Morgan fingerprint density at radius 2 is 1.81 bits per heavy atom. The quantitative estimate of drug-likeness (QED) is 0.319. The summed E-state index contributed by atoms with van der Waals surface area (Å²) >= 11 is 6.61. The van der Waals surface area contributed by atoms with Crippen molar-refractivity contribution >= 4 is 56.3 Å². The summed E-state index contributed by atoms with van der Waals surface area (Å²) in [4.78, 5) is 14.9. The van der Waals surface area contributed by atoms with E-state index in [1.54, 1.807) is 12.6 Å². The Balaban J connectivity index is 1.63. The van der Waals surface area contributed by atoms with Gasteiger partial charge in [-0.1, -0.05) is 47.2 Å². The number of hydrogen-bond donors (Lipinski definition) is 0. The molecule has 0 radical (unpaired) electrons. The van der Waals surface area contributed by atoms with Crippen molar-refractivity contribution in [3.8, 4) is 10.6 Å². The molecule has 2 aromatic heterocycles. The molecule has 160 valence electrons. The molecular formula is C25H20ClN3OS2. The molecule has 3 heterocycles. The van der Waals surface area contributed by atoms with Gasteiger partial charge in [0.25, 0.3) is 0 Å². The lowest BCUT2D eigenvalue weighted by Crippen LogP contribution is -2.05. The maximum absolute atomic E-state index is 11.9. The number of benzene rings is 2. The van der Waals surface area contributed by atoms with E-state index in [-0.39, 0.29) is 0 Å². The summed E-state index contributed by atoms with van der Waals surface area (Å²) in [6, 6.07) is 18.0. The van der Waals surface area contributed by atoms with E-state index in [9.17, 15) is 4.55 Å². The molecule has 0 N–H and O–H groups in total. The molecule has 0 amide bonds. The zero-order chi connectivity index (χ0) is 22.1. The fourth-order valence-electron chi connectivity index (χ4n) is 3.84. The zero-order valence-electron chi connectivity index (χ0n) is 17.4. The highest BCUT2D eigenvalue weighted by Crippen LogP contribution is 2.35. The Kier molecular flexibility index (Phi) is 6.11. The number of aliphatic imine (C=N–C) groups is 1. The van der Waals surface area contributed by atoms with Crippen molar-refractivity contribution in [1.29, 1.82) is 0 Å². The molecule has 1 aliphatic heterocycles. The number of hydrogen-bond acceptors (Lipinski definition) is 5. The number of fused-ring (bicyclic) bond motifs is 1. The molecule has 5 rings (SSSR count). The molecule has 0 aliphatic carbocycles. The van der Waals surface area contributed by atoms with Crippen LogP contribution in [0.1, 0.15) is 24.0 Å². The van der Waals surface area contributed by atoms with Gasteiger partial charge in [0, 0.05) is 34.2 Å². The summed E-state index contributed by atoms with van der Waals surface area (Å²) in [5, 5.41) is 1.69. The molecule has 32 heavy (non-hydrogen) atoms. The fraction of sp³-hybridized carbons (Fsp3) is 0.160. The first-order chi connectivity index (χ1) is 15.6. The number of aromatic nitrogens is 2. The predicted molar refractivity (Wildman–Crippen MR) is 135 cm³/mol. The van der Waals surface area contributed by atoms with Gasteiger partial charge < -0.3 is 4.55 Å². The third kappa shape index (κ3) is 4.24. The normalized spacial score (nSPS) is 15.2. The van der Waals surface area contributed by atoms with Gasteiger partial charge in [0.1, 0.15) is 12.6 Å². The fourth-order valence-corrected chi connectivity index (χ4v) is 5.71. The number of thiophene rings is 1. The van der Waals surface area contributed by atoms with Crippen molar-refractivity contribution in [3.05, 3.63) is 83.2 Å². The largest absolute Gasteiger partial charge is 0.611 e. The highest BCUT2D eigenvalue weighted by atomic mass is 35.5. The van der Waals surface area contributed by atoms with Gasteiger partial charge in [0.15, 0.2) is 0 Å². The van der Waals surface area contributed by atoms with E-state index < -0.39 is 11.2 Å². The number of rotatable bonds is 4. The molecule has 7 heteroatoms. The topological polar surface area (TPSA) is 61.2 Å². The van der Waals surface area contributed by atoms with Crippen molar-refractivity contribution in [3.63, 3.8) is 0 Å². The average molecular weight is 478 g/mol. The maximum atomic E-state index is 11.9. The molecule has 2 aromatic carbocycles. The molecule has 1 unspecified atom stereocenters. The Labute approximate surface area is 198 Å². The Hall–Kier alpha value is -2.51. The Bertz CT molecular complexity index is 1340. The van der Waals surface area contributed by atoms with Gasteiger partial charge in [-0.3, -0.25) is 4.99 Å². The third-order valence-electron chi connectivity index (χ3n) is 5.40. The van der Waals surface area contributed by atoms with Crippen LogP contribution in [0.3, 0.4) is 0 Å². The minimum absolute atomic E-state index is 0.712. The van der Waals surface area contributed by atoms with Crippen LogP contribution < -0.4 is 0 Å². The summed E-state index contributed by atoms with van der Waals surface area (Å²) in [5.41, 5.74) is 5.98. The monoisotopic (exact) mass is 477 g/mol. The van der Waals surface area contributed by atoms with Crippen molar-refractivity contribution in [1.82, 2.24) is 9.97 Å². The summed E-state index contributed by atoms with van der Waals surface area (Å²) in [5.74, 6) is 0. The summed E-state index contributed by atoms with van der Waals surface area (Å²) in [6.45, 7) is 0.798. The first-order valence-electron chi connectivity index (χ1n) is 10.3. The second-order valence-corrected chi connectivity index (χ2v) is 10.7. The molecule has 0 spiro atoms. The third-order valence-corrected chi connectivity index (χ3v) is 8.19. The SMILES string of the molecule is C[S+]([O-])c1ccc(-c2ncnc3ccc(C4=CCCCN=C4c4ccc(Cl)cc4)cc23)s1. The standard InChI is InChI=1S/C25H20ClN3OS2/c1-32(30)23-12-11-22(31-23)25-20-14-17(7-10-21(20)28-15-29-25)19-4-2-3-13-27-24(19)16-5-8-18(26)9-6-16/h4-12,14-15H,2-3,13H2,1H3. The highest BCUT2D eigenvalue weighted by molar-refractivity contribution is 7.92. The number of nitrogens with zero attached hydrogens (tertiary/aromatic N) is 3. The molecule has 1 aliphatic rings. The van der Waals surface area contributed by atoms with Gasteiger partial charge in [-0.15, -0.1) is 0 Å². The first kappa shape index (κ1) is 21.3.